The van der Waals surface area contributed by atoms with Crippen LogP contribution in [-0.4, -0.2) is 54.2 Å². The number of hydrogen-bond donors (Lipinski definition) is 2. The summed E-state index contributed by atoms with van der Waals surface area (Å²) in [4.78, 5) is 18.6. The van der Waals surface area contributed by atoms with Crippen LogP contribution in [0, 0.1) is 0 Å². The maximum atomic E-state index is 12.8. The van der Waals surface area contributed by atoms with Crippen molar-refractivity contribution >= 4 is 16.8 Å². The van der Waals surface area contributed by atoms with E-state index in [9.17, 15) is 4.79 Å². The molecule has 2 saturated heterocycles. The van der Waals surface area contributed by atoms with Crippen LogP contribution in [0.4, 0.5) is 0 Å². The Morgan fingerprint density at radius 2 is 1.96 bits per heavy atom. The summed E-state index contributed by atoms with van der Waals surface area (Å²) in [6.45, 7) is 4.57. The van der Waals surface area contributed by atoms with Gasteiger partial charge >= 0.3 is 0 Å². The highest BCUT2D eigenvalue weighted by Crippen LogP contribution is 2.30. The molecule has 0 bridgehead atoms. The van der Waals surface area contributed by atoms with Crippen molar-refractivity contribution in [3.8, 4) is 0 Å². The molecule has 0 spiro atoms. The van der Waals surface area contributed by atoms with Gasteiger partial charge in [0.15, 0.2) is 0 Å². The van der Waals surface area contributed by atoms with Crippen molar-refractivity contribution in [2.75, 3.05) is 32.8 Å². The largest absolute Gasteiger partial charge is 0.381 e. The van der Waals surface area contributed by atoms with Crippen molar-refractivity contribution in [2.24, 2.45) is 0 Å². The number of aromatic nitrogens is 1. The van der Waals surface area contributed by atoms with Crippen molar-refractivity contribution in [1.29, 1.82) is 0 Å². The Hall–Kier alpha value is -1.85. The number of H-pyrrole nitrogens is 1. The fourth-order valence-electron chi connectivity index (χ4n) is 4.35. The number of ether oxygens (including phenoxy) is 1. The fraction of sp³-hybridized carbons (Fsp3) is 0.550. The van der Waals surface area contributed by atoms with E-state index in [-0.39, 0.29) is 11.4 Å². The molecule has 2 aliphatic rings. The highest BCUT2D eigenvalue weighted by Gasteiger charge is 2.39. The van der Waals surface area contributed by atoms with Crippen LogP contribution < -0.4 is 5.32 Å². The van der Waals surface area contributed by atoms with Crippen LogP contribution >= 0.6 is 0 Å². The second-order valence-electron chi connectivity index (χ2n) is 7.31. The summed E-state index contributed by atoms with van der Waals surface area (Å²) >= 11 is 0. The minimum Gasteiger partial charge on any atom is -0.381 e. The van der Waals surface area contributed by atoms with Crippen LogP contribution in [0.1, 0.15) is 42.5 Å². The van der Waals surface area contributed by atoms with Gasteiger partial charge in [0.05, 0.1) is 0 Å². The quantitative estimate of drug-likeness (QED) is 0.899. The van der Waals surface area contributed by atoms with Gasteiger partial charge in [0.25, 0.3) is 5.91 Å². The average Bonchev–Trinajstić information content (AvgIpc) is 3.16. The first-order valence-electron chi connectivity index (χ1n) is 9.46. The molecule has 25 heavy (non-hydrogen) atoms. The van der Waals surface area contributed by atoms with Gasteiger partial charge in [-0.05, 0) is 57.0 Å². The zero-order valence-corrected chi connectivity index (χ0v) is 14.7. The molecule has 0 aliphatic carbocycles. The molecule has 0 atom stereocenters. The maximum Gasteiger partial charge on any atom is 0.252 e. The zero-order valence-electron chi connectivity index (χ0n) is 14.7. The highest BCUT2D eigenvalue weighted by atomic mass is 16.5. The summed E-state index contributed by atoms with van der Waals surface area (Å²) in [5.41, 5.74) is 1.81. The van der Waals surface area contributed by atoms with Gasteiger partial charge in [0.2, 0.25) is 0 Å². The molecule has 134 valence electrons. The number of likely N-dealkylation sites (tertiary alicyclic amines) is 1. The SMILES string of the molecule is O=C(NCC1(N2CCCCC2)CCOCC1)c1cccc2[nH]ccc12. The molecule has 3 heterocycles. The molecule has 0 unspecified atom stereocenters. The van der Waals surface area contributed by atoms with Crippen molar-refractivity contribution < 1.29 is 9.53 Å². The molecule has 2 aromatic rings. The predicted molar refractivity (Wildman–Crippen MR) is 98.8 cm³/mol. The molecular formula is C20H27N3O2. The number of aromatic amines is 1. The summed E-state index contributed by atoms with van der Waals surface area (Å²) in [5.74, 6) is 0.0214. The molecule has 5 heteroatoms. The third-order valence-corrected chi connectivity index (χ3v) is 5.87. The molecule has 0 saturated carbocycles. The first-order chi connectivity index (χ1) is 12.3. The van der Waals surface area contributed by atoms with Gasteiger partial charge in [-0.2, -0.15) is 0 Å². The molecule has 2 aliphatic heterocycles. The topological polar surface area (TPSA) is 57.4 Å². The van der Waals surface area contributed by atoms with Gasteiger partial charge in [0, 0.05) is 48.0 Å². The predicted octanol–water partition coefficient (Wildman–Crippen LogP) is 2.93. The van der Waals surface area contributed by atoms with Gasteiger partial charge in [-0.3, -0.25) is 9.69 Å². The average molecular weight is 341 g/mol. The molecule has 2 fully saturated rings. The lowest BCUT2D eigenvalue weighted by Crippen LogP contribution is -2.59. The lowest BCUT2D eigenvalue weighted by atomic mass is 9.86. The Labute approximate surface area is 148 Å². The summed E-state index contributed by atoms with van der Waals surface area (Å²) in [6.07, 6.45) is 7.74. The van der Waals surface area contributed by atoms with Crippen LogP contribution in [-0.2, 0) is 4.74 Å². The number of hydrogen-bond acceptors (Lipinski definition) is 3. The summed E-state index contributed by atoms with van der Waals surface area (Å²) in [7, 11) is 0. The molecule has 1 aromatic heterocycles. The molecule has 2 N–H and O–H groups in total. The van der Waals surface area contributed by atoms with Gasteiger partial charge in [-0.15, -0.1) is 0 Å². The third kappa shape index (κ3) is 3.31. The Bertz CT molecular complexity index is 727. The van der Waals surface area contributed by atoms with E-state index in [1.165, 1.54) is 19.3 Å². The fourth-order valence-corrected chi connectivity index (χ4v) is 4.35. The maximum absolute atomic E-state index is 12.8. The second kappa shape index (κ2) is 7.18. The van der Waals surface area contributed by atoms with E-state index >= 15 is 0 Å². The molecule has 1 aromatic carbocycles. The van der Waals surface area contributed by atoms with E-state index in [1.54, 1.807) is 0 Å². The zero-order chi connectivity index (χ0) is 17.1. The van der Waals surface area contributed by atoms with E-state index < -0.39 is 0 Å². The number of rotatable bonds is 4. The molecule has 5 nitrogen and oxygen atoms in total. The summed E-state index contributed by atoms with van der Waals surface area (Å²) < 4.78 is 5.61. The monoisotopic (exact) mass is 341 g/mol. The Kier molecular flexibility index (Phi) is 4.77. The van der Waals surface area contributed by atoms with Crippen molar-refractivity contribution in [2.45, 2.75) is 37.6 Å². The minimum atomic E-state index is 0.0214. The molecule has 0 radical (unpaired) electrons. The number of fused-ring (bicyclic) bond motifs is 1. The Balaban J connectivity index is 1.50. The Morgan fingerprint density at radius 3 is 2.76 bits per heavy atom. The number of benzene rings is 1. The number of nitrogens with zero attached hydrogens (tertiary/aromatic N) is 1. The number of nitrogens with one attached hydrogen (secondary N) is 2. The smallest absolute Gasteiger partial charge is 0.252 e. The van der Waals surface area contributed by atoms with E-state index in [1.807, 2.05) is 30.5 Å². The first kappa shape index (κ1) is 16.6. The van der Waals surface area contributed by atoms with Crippen LogP contribution in [0.3, 0.4) is 0 Å². The molecule has 1 amide bonds. The van der Waals surface area contributed by atoms with E-state index in [0.717, 1.165) is 55.6 Å². The van der Waals surface area contributed by atoms with Crippen molar-refractivity contribution in [1.82, 2.24) is 15.2 Å². The number of carbonyl (C=O) groups is 1. The number of amides is 1. The van der Waals surface area contributed by atoms with E-state index in [2.05, 4.69) is 15.2 Å². The summed E-state index contributed by atoms with van der Waals surface area (Å²) in [6, 6.07) is 7.81. The van der Waals surface area contributed by atoms with Crippen LogP contribution in [0.2, 0.25) is 0 Å². The minimum absolute atomic E-state index is 0.0214. The van der Waals surface area contributed by atoms with Crippen molar-refractivity contribution in [3.63, 3.8) is 0 Å². The van der Waals surface area contributed by atoms with Gasteiger partial charge in [0.1, 0.15) is 0 Å². The normalized spacial score (nSPS) is 21.3. The van der Waals surface area contributed by atoms with Gasteiger partial charge in [-0.1, -0.05) is 12.5 Å². The lowest BCUT2D eigenvalue weighted by Gasteiger charge is -2.48. The standard InChI is InChI=1S/C20H27N3O2/c24-19(17-5-4-6-18-16(17)7-10-21-18)22-15-20(8-13-25-14-9-20)23-11-2-1-3-12-23/h4-7,10,21H,1-3,8-9,11-15H2,(H,22,24). The molecular weight excluding hydrogens is 314 g/mol. The third-order valence-electron chi connectivity index (χ3n) is 5.87. The van der Waals surface area contributed by atoms with Crippen LogP contribution in [0.5, 0.6) is 0 Å². The van der Waals surface area contributed by atoms with Crippen LogP contribution in [0.15, 0.2) is 30.5 Å². The van der Waals surface area contributed by atoms with Crippen molar-refractivity contribution in [3.05, 3.63) is 36.0 Å². The van der Waals surface area contributed by atoms with E-state index in [4.69, 9.17) is 4.74 Å². The second-order valence-corrected chi connectivity index (χ2v) is 7.31. The van der Waals surface area contributed by atoms with Crippen LogP contribution in [0.25, 0.3) is 10.9 Å². The number of piperidine rings is 1. The Morgan fingerprint density at radius 1 is 1.16 bits per heavy atom. The van der Waals surface area contributed by atoms with E-state index in [0.29, 0.717) is 6.54 Å². The first-order valence-corrected chi connectivity index (χ1v) is 9.46. The van der Waals surface area contributed by atoms with Gasteiger partial charge in [-0.25, -0.2) is 0 Å². The summed E-state index contributed by atoms with van der Waals surface area (Å²) in [5, 5.41) is 4.22. The number of carbonyl (C=O) groups excluding carboxylic acids is 1. The highest BCUT2D eigenvalue weighted by molar-refractivity contribution is 6.06. The molecule has 4 rings (SSSR count). The van der Waals surface area contributed by atoms with Gasteiger partial charge < -0.3 is 15.0 Å². The lowest BCUT2D eigenvalue weighted by molar-refractivity contribution is -0.0349.